The lowest BCUT2D eigenvalue weighted by atomic mass is 10.1. The molecule has 2 aromatic carbocycles. The molecule has 0 aliphatic heterocycles. The maximum Gasteiger partial charge on any atom is 0.235 e. The first-order valence-corrected chi connectivity index (χ1v) is 9.11. The van der Waals surface area contributed by atoms with E-state index in [1.54, 1.807) is 38.5 Å². The second kappa shape index (κ2) is 8.80. The summed E-state index contributed by atoms with van der Waals surface area (Å²) >= 11 is 0. The molecule has 0 aliphatic rings. The van der Waals surface area contributed by atoms with Gasteiger partial charge >= 0.3 is 0 Å². The summed E-state index contributed by atoms with van der Waals surface area (Å²) in [7, 11) is 7.14. The number of nitrogens with zero attached hydrogens (tertiary/aromatic N) is 1. The number of fused-ring (bicyclic) bond motifs is 1. The molecule has 0 saturated heterocycles. The van der Waals surface area contributed by atoms with Gasteiger partial charge in [0.15, 0.2) is 17.3 Å². The molecule has 0 amide bonds. The monoisotopic (exact) mass is 383 g/mol. The Morgan fingerprint density at radius 3 is 2.46 bits per heavy atom. The highest BCUT2D eigenvalue weighted by molar-refractivity contribution is 5.82. The van der Waals surface area contributed by atoms with Gasteiger partial charge in [-0.15, -0.1) is 0 Å². The zero-order valence-corrected chi connectivity index (χ0v) is 16.7. The van der Waals surface area contributed by atoms with E-state index in [-0.39, 0.29) is 11.2 Å². The van der Waals surface area contributed by atoms with Crippen molar-refractivity contribution in [1.82, 2.24) is 4.90 Å². The van der Waals surface area contributed by atoms with E-state index in [0.29, 0.717) is 40.4 Å². The maximum absolute atomic E-state index is 13.1. The number of rotatable bonds is 8. The minimum absolute atomic E-state index is 0.184. The van der Waals surface area contributed by atoms with Gasteiger partial charge in [-0.1, -0.05) is 12.1 Å². The highest BCUT2D eigenvalue weighted by atomic mass is 16.5. The minimum Gasteiger partial charge on any atom is -0.493 e. The molecule has 148 valence electrons. The van der Waals surface area contributed by atoms with Gasteiger partial charge in [0.05, 0.1) is 26.2 Å². The van der Waals surface area contributed by atoms with Crippen LogP contribution in [0.15, 0.2) is 51.7 Å². The molecule has 0 aliphatic carbocycles. The number of ether oxygens (including phenoxy) is 3. The third-order valence-electron chi connectivity index (χ3n) is 4.40. The third-order valence-corrected chi connectivity index (χ3v) is 4.40. The van der Waals surface area contributed by atoms with Crippen molar-refractivity contribution in [2.24, 2.45) is 0 Å². The summed E-state index contributed by atoms with van der Waals surface area (Å²) in [5, 5.41) is 0.495. The molecule has 6 heteroatoms. The molecule has 0 radical (unpaired) electrons. The Morgan fingerprint density at radius 1 is 1.00 bits per heavy atom. The standard InChI is InChI=1S/C22H25NO5/c1-23(2)12-7-13-27-22-20(24)16-8-5-6-9-17(16)28-21(22)15-10-11-18(25-3)19(14-15)26-4/h5-6,8-11,14H,7,12-13H2,1-4H3. The van der Waals surface area contributed by atoms with Crippen LogP contribution in [0.5, 0.6) is 17.2 Å². The quantitative estimate of drug-likeness (QED) is 0.551. The lowest BCUT2D eigenvalue weighted by Crippen LogP contribution is -2.17. The first-order chi connectivity index (χ1) is 13.5. The molecule has 1 aromatic heterocycles. The molecule has 3 aromatic rings. The molecule has 3 rings (SSSR count). The molecule has 0 N–H and O–H groups in total. The molecule has 6 nitrogen and oxygen atoms in total. The Bertz CT molecular complexity index is 1010. The van der Waals surface area contributed by atoms with E-state index in [1.165, 1.54) is 0 Å². The zero-order valence-electron chi connectivity index (χ0n) is 16.7. The van der Waals surface area contributed by atoms with E-state index in [9.17, 15) is 4.79 Å². The fraction of sp³-hybridized carbons (Fsp3) is 0.318. The number of benzene rings is 2. The number of para-hydroxylation sites is 1. The number of methoxy groups -OCH3 is 2. The van der Waals surface area contributed by atoms with Gasteiger partial charge in [0, 0.05) is 12.1 Å². The van der Waals surface area contributed by atoms with Crippen LogP contribution in [0, 0.1) is 0 Å². The van der Waals surface area contributed by atoms with Gasteiger partial charge in [-0.05, 0) is 50.8 Å². The summed E-state index contributed by atoms with van der Waals surface area (Å²) in [4.78, 5) is 15.1. The predicted octanol–water partition coefficient (Wildman–Crippen LogP) is 3.81. The summed E-state index contributed by atoms with van der Waals surface area (Å²) in [6.45, 7) is 1.28. The highest BCUT2D eigenvalue weighted by Crippen LogP contribution is 2.36. The smallest absolute Gasteiger partial charge is 0.235 e. The highest BCUT2D eigenvalue weighted by Gasteiger charge is 2.19. The number of hydrogen-bond acceptors (Lipinski definition) is 6. The van der Waals surface area contributed by atoms with Crippen molar-refractivity contribution >= 4 is 11.0 Å². The average molecular weight is 383 g/mol. The van der Waals surface area contributed by atoms with Gasteiger partial charge < -0.3 is 23.5 Å². The molecule has 0 atom stereocenters. The van der Waals surface area contributed by atoms with Crippen LogP contribution in [0.25, 0.3) is 22.3 Å². The van der Waals surface area contributed by atoms with E-state index >= 15 is 0 Å². The first-order valence-electron chi connectivity index (χ1n) is 9.11. The zero-order chi connectivity index (χ0) is 20.1. The minimum atomic E-state index is -0.184. The maximum atomic E-state index is 13.1. The molecule has 0 spiro atoms. The van der Waals surface area contributed by atoms with Crippen molar-refractivity contribution in [2.45, 2.75) is 6.42 Å². The van der Waals surface area contributed by atoms with Gasteiger partial charge in [-0.25, -0.2) is 0 Å². The summed E-state index contributed by atoms with van der Waals surface area (Å²) in [6.07, 6.45) is 0.796. The van der Waals surface area contributed by atoms with Gasteiger partial charge in [0.25, 0.3) is 0 Å². The van der Waals surface area contributed by atoms with Crippen LogP contribution in [0.1, 0.15) is 6.42 Å². The summed E-state index contributed by atoms with van der Waals surface area (Å²) in [6, 6.07) is 12.5. The second-order valence-electron chi connectivity index (χ2n) is 6.66. The van der Waals surface area contributed by atoms with E-state index in [4.69, 9.17) is 18.6 Å². The fourth-order valence-corrected chi connectivity index (χ4v) is 2.98. The van der Waals surface area contributed by atoms with Crippen molar-refractivity contribution in [2.75, 3.05) is 41.5 Å². The molecule has 1 heterocycles. The van der Waals surface area contributed by atoms with Gasteiger partial charge in [-0.3, -0.25) is 4.79 Å². The summed E-state index contributed by atoms with van der Waals surface area (Å²) < 4.78 is 22.7. The Hall–Kier alpha value is -2.99. The molecular weight excluding hydrogens is 358 g/mol. The molecule has 0 saturated carbocycles. The van der Waals surface area contributed by atoms with Crippen LogP contribution in [0.4, 0.5) is 0 Å². The molecule has 0 unspecified atom stereocenters. The Labute approximate surface area is 164 Å². The van der Waals surface area contributed by atoms with Crippen molar-refractivity contribution in [3.05, 3.63) is 52.7 Å². The van der Waals surface area contributed by atoms with Gasteiger partial charge in [0.1, 0.15) is 5.58 Å². The van der Waals surface area contributed by atoms with Crippen molar-refractivity contribution in [3.8, 4) is 28.6 Å². The van der Waals surface area contributed by atoms with Crippen LogP contribution in [-0.2, 0) is 0 Å². The van der Waals surface area contributed by atoms with Crippen LogP contribution in [-0.4, -0.2) is 46.4 Å². The third kappa shape index (κ3) is 4.12. The Kier molecular flexibility index (Phi) is 6.21. The normalized spacial score (nSPS) is 11.0. The van der Waals surface area contributed by atoms with Crippen LogP contribution < -0.4 is 19.6 Å². The van der Waals surface area contributed by atoms with Crippen LogP contribution in [0.3, 0.4) is 0 Å². The predicted molar refractivity (Wildman–Crippen MR) is 110 cm³/mol. The molecule has 0 bridgehead atoms. The van der Waals surface area contributed by atoms with Crippen molar-refractivity contribution < 1.29 is 18.6 Å². The van der Waals surface area contributed by atoms with Crippen molar-refractivity contribution in [1.29, 1.82) is 0 Å². The van der Waals surface area contributed by atoms with Gasteiger partial charge in [0.2, 0.25) is 11.2 Å². The fourth-order valence-electron chi connectivity index (χ4n) is 2.98. The van der Waals surface area contributed by atoms with E-state index in [0.717, 1.165) is 13.0 Å². The summed E-state index contributed by atoms with van der Waals surface area (Å²) in [5.74, 6) is 1.75. The van der Waals surface area contributed by atoms with E-state index < -0.39 is 0 Å². The Morgan fingerprint density at radius 2 is 1.75 bits per heavy atom. The lowest BCUT2D eigenvalue weighted by molar-refractivity contribution is 0.276. The molecule has 28 heavy (non-hydrogen) atoms. The van der Waals surface area contributed by atoms with Crippen molar-refractivity contribution in [3.63, 3.8) is 0 Å². The molecular formula is C22H25NO5. The largest absolute Gasteiger partial charge is 0.493 e. The lowest BCUT2D eigenvalue weighted by Gasteiger charge is -2.14. The molecule has 0 fully saturated rings. The van der Waals surface area contributed by atoms with Crippen LogP contribution >= 0.6 is 0 Å². The Balaban J connectivity index is 2.09. The van der Waals surface area contributed by atoms with Gasteiger partial charge in [-0.2, -0.15) is 0 Å². The average Bonchev–Trinajstić information content (AvgIpc) is 2.71. The van der Waals surface area contributed by atoms with E-state index in [2.05, 4.69) is 4.90 Å². The number of hydrogen-bond donors (Lipinski definition) is 0. The SMILES string of the molecule is COc1ccc(-c2oc3ccccc3c(=O)c2OCCCN(C)C)cc1OC. The van der Waals surface area contributed by atoms with E-state index in [1.807, 2.05) is 32.3 Å². The second-order valence-corrected chi connectivity index (χ2v) is 6.66. The first kappa shape index (κ1) is 19.8. The topological polar surface area (TPSA) is 61.1 Å². The van der Waals surface area contributed by atoms with Crippen LogP contribution in [0.2, 0.25) is 0 Å². The summed E-state index contributed by atoms with van der Waals surface area (Å²) in [5.41, 5.74) is 1.01.